The molecule has 1 amide bonds. The first-order valence-corrected chi connectivity index (χ1v) is 7.43. The Morgan fingerprint density at radius 2 is 2.04 bits per heavy atom. The summed E-state index contributed by atoms with van der Waals surface area (Å²) in [7, 11) is 0. The van der Waals surface area contributed by atoms with Crippen molar-refractivity contribution in [3.05, 3.63) is 65.9 Å². The zero-order valence-corrected chi connectivity index (χ0v) is 13.2. The zero-order chi connectivity index (χ0) is 17.8. The van der Waals surface area contributed by atoms with Crippen molar-refractivity contribution in [3.63, 3.8) is 0 Å². The first-order valence-electron chi connectivity index (χ1n) is 7.43. The summed E-state index contributed by atoms with van der Waals surface area (Å²) in [4.78, 5) is 31.8. The smallest absolute Gasteiger partial charge is 0.341 e. The maximum atomic E-state index is 12.2. The second kappa shape index (κ2) is 6.91. The molecule has 1 unspecified atom stereocenters. The molecular weight excluding hydrogens is 324 g/mol. The van der Waals surface area contributed by atoms with Crippen LogP contribution in [0.3, 0.4) is 0 Å². The number of carboxylic acids is 1. The van der Waals surface area contributed by atoms with Crippen LogP contribution in [0.1, 0.15) is 39.6 Å². The van der Waals surface area contributed by atoms with E-state index in [1.165, 1.54) is 12.4 Å². The number of carboxylic acid groups (broad SMARTS) is 1. The lowest BCUT2D eigenvalue weighted by Gasteiger charge is -2.11. The molecule has 3 heterocycles. The van der Waals surface area contributed by atoms with Gasteiger partial charge in [0.15, 0.2) is 5.76 Å². The molecule has 3 aromatic heterocycles. The summed E-state index contributed by atoms with van der Waals surface area (Å²) in [5.41, 5.74) is 0.785. The molecule has 0 saturated carbocycles. The van der Waals surface area contributed by atoms with E-state index >= 15 is 0 Å². The molecule has 0 bridgehead atoms. The Kier molecular flexibility index (Phi) is 4.51. The minimum atomic E-state index is -1.20. The first-order chi connectivity index (χ1) is 12.1. The number of nitrogens with one attached hydrogen (secondary N) is 1. The van der Waals surface area contributed by atoms with E-state index in [0.29, 0.717) is 5.56 Å². The van der Waals surface area contributed by atoms with Crippen LogP contribution in [0.2, 0.25) is 0 Å². The van der Waals surface area contributed by atoms with E-state index in [0.717, 1.165) is 0 Å². The van der Waals surface area contributed by atoms with Crippen LogP contribution in [-0.4, -0.2) is 32.1 Å². The lowest BCUT2D eigenvalue weighted by molar-refractivity contribution is 0.0692. The molecule has 0 saturated heterocycles. The Morgan fingerprint density at radius 1 is 1.20 bits per heavy atom. The zero-order valence-electron chi connectivity index (χ0n) is 13.2. The molecule has 0 aromatic carbocycles. The molecule has 0 spiro atoms. The van der Waals surface area contributed by atoms with Crippen LogP contribution in [-0.2, 0) is 0 Å². The molecular formula is C17H14N4O4. The number of carbonyl (C=O) groups is 2. The molecule has 0 aliphatic carbocycles. The number of hydrogen-bond donors (Lipinski definition) is 2. The maximum Gasteiger partial charge on any atom is 0.341 e. The molecule has 2 N–H and O–H groups in total. The SMILES string of the molecule is CC(NC(=O)c1ccccn1)c1onc(-c2cccnc2)c1C(=O)O. The van der Waals surface area contributed by atoms with Gasteiger partial charge in [0.2, 0.25) is 0 Å². The molecule has 0 fully saturated rings. The molecule has 1 atom stereocenters. The van der Waals surface area contributed by atoms with E-state index in [4.69, 9.17) is 4.52 Å². The van der Waals surface area contributed by atoms with Crippen molar-refractivity contribution < 1.29 is 19.2 Å². The predicted octanol–water partition coefficient (Wildman–Crippen LogP) is 2.32. The Morgan fingerprint density at radius 3 is 2.68 bits per heavy atom. The van der Waals surface area contributed by atoms with Gasteiger partial charge in [0.25, 0.3) is 5.91 Å². The fraction of sp³-hybridized carbons (Fsp3) is 0.118. The average Bonchev–Trinajstić information content (AvgIpc) is 3.08. The normalized spacial score (nSPS) is 11.7. The van der Waals surface area contributed by atoms with Crippen molar-refractivity contribution in [2.24, 2.45) is 0 Å². The molecule has 8 heteroatoms. The van der Waals surface area contributed by atoms with Gasteiger partial charge in [-0.25, -0.2) is 4.79 Å². The van der Waals surface area contributed by atoms with Gasteiger partial charge in [-0.15, -0.1) is 0 Å². The minimum Gasteiger partial charge on any atom is -0.477 e. The number of nitrogens with zero attached hydrogens (tertiary/aromatic N) is 3. The molecule has 8 nitrogen and oxygen atoms in total. The van der Waals surface area contributed by atoms with Gasteiger partial charge in [0.05, 0.1) is 6.04 Å². The largest absolute Gasteiger partial charge is 0.477 e. The van der Waals surface area contributed by atoms with E-state index in [1.807, 2.05) is 0 Å². The summed E-state index contributed by atoms with van der Waals surface area (Å²) in [6.45, 7) is 1.61. The van der Waals surface area contributed by atoms with Crippen LogP contribution >= 0.6 is 0 Å². The summed E-state index contributed by atoms with van der Waals surface area (Å²) in [6, 6.07) is 7.57. The Hall–Kier alpha value is -3.55. The minimum absolute atomic E-state index is 0.0515. The molecule has 126 valence electrons. The molecule has 0 radical (unpaired) electrons. The van der Waals surface area contributed by atoms with Gasteiger partial charge in [-0.05, 0) is 31.2 Å². The van der Waals surface area contributed by atoms with Crippen molar-refractivity contribution in [3.8, 4) is 11.3 Å². The van der Waals surface area contributed by atoms with Crippen LogP contribution in [0, 0.1) is 0 Å². The Bertz CT molecular complexity index is 894. The number of carbonyl (C=O) groups excluding carboxylic acids is 1. The Labute approximate surface area is 142 Å². The molecule has 25 heavy (non-hydrogen) atoms. The van der Waals surface area contributed by atoms with Gasteiger partial charge < -0.3 is 14.9 Å². The molecule has 3 rings (SSSR count). The molecule has 0 aliphatic rings. The van der Waals surface area contributed by atoms with E-state index in [2.05, 4.69) is 20.4 Å². The van der Waals surface area contributed by atoms with Crippen LogP contribution in [0.25, 0.3) is 11.3 Å². The summed E-state index contributed by atoms with van der Waals surface area (Å²) < 4.78 is 5.22. The third-order valence-corrected chi connectivity index (χ3v) is 3.51. The summed E-state index contributed by atoms with van der Waals surface area (Å²) in [5.74, 6) is -1.59. The van der Waals surface area contributed by atoms with Crippen molar-refractivity contribution in [2.45, 2.75) is 13.0 Å². The van der Waals surface area contributed by atoms with Crippen molar-refractivity contribution in [2.75, 3.05) is 0 Å². The highest BCUT2D eigenvalue weighted by atomic mass is 16.5. The monoisotopic (exact) mass is 338 g/mol. The standard InChI is InChI=1S/C17H14N4O4/c1-10(20-16(22)12-6-2-3-8-19-12)15-13(17(23)24)14(21-25-15)11-5-4-7-18-9-11/h2-10H,1H3,(H,20,22)(H,23,24). The lowest BCUT2D eigenvalue weighted by atomic mass is 10.0. The summed E-state index contributed by atoms with van der Waals surface area (Å²) >= 11 is 0. The molecule has 0 aliphatic heterocycles. The van der Waals surface area contributed by atoms with E-state index in [9.17, 15) is 14.7 Å². The van der Waals surface area contributed by atoms with E-state index < -0.39 is 17.9 Å². The highest BCUT2D eigenvalue weighted by Crippen LogP contribution is 2.28. The topological polar surface area (TPSA) is 118 Å². The number of aromatic nitrogens is 3. The number of pyridine rings is 2. The number of amides is 1. The number of aromatic carboxylic acids is 1. The fourth-order valence-electron chi connectivity index (χ4n) is 2.34. The Balaban J connectivity index is 1.91. The highest BCUT2D eigenvalue weighted by Gasteiger charge is 2.28. The van der Waals surface area contributed by atoms with E-state index in [1.54, 1.807) is 43.5 Å². The number of hydrogen-bond acceptors (Lipinski definition) is 6. The van der Waals surface area contributed by atoms with Crippen LogP contribution in [0.4, 0.5) is 0 Å². The van der Waals surface area contributed by atoms with Gasteiger partial charge in [-0.2, -0.15) is 0 Å². The van der Waals surface area contributed by atoms with Gasteiger partial charge in [0, 0.05) is 24.2 Å². The van der Waals surface area contributed by atoms with Gasteiger partial charge in [-0.1, -0.05) is 11.2 Å². The van der Waals surface area contributed by atoms with Gasteiger partial charge in [-0.3, -0.25) is 14.8 Å². The second-order valence-corrected chi connectivity index (χ2v) is 5.23. The quantitative estimate of drug-likeness (QED) is 0.733. The predicted molar refractivity (Wildman–Crippen MR) is 86.8 cm³/mol. The highest BCUT2D eigenvalue weighted by molar-refractivity contribution is 5.96. The van der Waals surface area contributed by atoms with Crippen LogP contribution < -0.4 is 5.32 Å². The fourth-order valence-corrected chi connectivity index (χ4v) is 2.34. The summed E-state index contributed by atoms with van der Waals surface area (Å²) in [5, 5.41) is 16.1. The van der Waals surface area contributed by atoms with Crippen LogP contribution in [0.15, 0.2) is 53.4 Å². The van der Waals surface area contributed by atoms with Crippen molar-refractivity contribution in [1.82, 2.24) is 20.4 Å². The van der Waals surface area contributed by atoms with Crippen molar-refractivity contribution >= 4 is 11.9 Å². The van der Waals surface area contributed by atoms with Gasteiger partial charge in [0.1, 0.15) is 17.0 Å². The summed E-state index contributed by atoms with van der Waals surface area (Å²) in [6.07, 6.45) is 4.56. The van der Waals surface area contributed by atoms with E-state index in [-0.39, 0.29) is 22.7 Å². The maximum absolute atomic E-state index is 12.2. The van der Waals surface area contributed by atoms with Gasteiger partial charge >= 0.3 is 5.97 Å². The van der Waals surface area contributed by atoms with Crippen molar-refractivity contribution in [1.29, 1.82) is 0 Å². The van der Waals surface area contributed by atoms with Crippen LogP contribution in [0.5, 0.6) is 0 Å². The number of rotatable bonds is 5. The lowest BCUT2D eigenvalue weighted by Crippen LogP contribution is -2.28. The second-order valence-electron chi connectivity index (χ2n) is 5.23. The third-order valence-electron chi connectivity index (χ3n) is 3.51. The third kappa shape index (κ3) is 3.37. The molecule has 3 aromatic rings. The average molecular weight is 338 g/mol. The first kappa shape index (κ1) is 16.3.